The SMILES string of the molecule is O=Cc1c(O)ccc2[nH]c(C(=O)NCCN3CCOCC3)cc12. The number of hydrogen-bond donors (Lipinski definition) is 3. The minimum absolute atomic E-state index is 0.0919. The maximum atomic E-state index is 12.2. The molecule has 0 radical (unpaired) electrons. The fourth-order valence-electron chi connectivity index (χ4n) is 2.71. The van der Waals surface area contributed by atoms with Gasteiger partial charge < -0.3 is 20.1 Å². The second-order valence-corrected chi connectivity index (χ2v) is 5.47. The van der Waals surface area contributed by atoms with Crippen LogP contribution in [0.15, 0.2) is 18.2 Å². The molecule has 1 aliphatic heterocycles. The Morgan fingerprint density at radius 3 is 2.91 bits per heavy atom. The van der Waals surface area contributed by atoms with Crippen LogP contribution in [0.2, 0.25) is 0 Å². The van der Waals surface area contributed by atoms with Crippen LogP contribution in [-0.4, -0.2) is 66.6 Å². The largest absolute Gasteiger partial charge is 0.507 e. The summed E-state index contributed by atoms with van der Waals surface area (Å²) in [5.74, 6) is -0.323. The average molecular weight is 317 g/mol. The van der Waals surface area contributed by atoms with Crippen molar-refractivity contribution in [1.82, 2.24) is 15.2 Å². The molecule has 1 fully saturated rings. The third-order valence-electron chi connectivity index (χ3n) is 4.00. The molecule has 7 nitrogen and oxygen atoms in total. The van der Waals surface area contributed by atoms with Crippen molar-refractivity contribution in [2.75, 3.05) is 39.4 Å². The minimum atomic E-state index is -0.231. The predicted molar refractivity (Wildman–Crippen MR) is 84.9 cm³/mol. The molecule has 3 rings (SSSR count). The summed E-state index contributed by atoms with van der Waals surface area (Å²) in [6, 6.07) is 4.66. The number of morpholine rings is 1. The average Bonchev–Trinajstić information content (AvgIpc) is 3.00. The molecule has 0 saturated carbocycles. The number of ether oxygens (including phenoxy) is 1. The number of carbonyl (C=O) groups is 2. The standard InChI is InChI=1S/C16H19N3O4/c20-10-12-11-9-14(18-13(11)1-2-15(12)21)16(22)17-3-4-19-5-7-23-8-6-19/h1-2,9-10,18,21H,3-8H2,(H,17,22). The topological polar surface area (TPSA) is 94.7 Å². The number of hydrogen-bond acceptors (Lipinski definition) is 5. The molecule has 0 atom stereocenters. The highest BCUT2D eigenvalue weighted by Crippen LogP contribution is 2.26. The van der Waals surface area contributed by atoms with Crippen LogP contribution in [-0.2, 0) is 4.74 Å². The van der Waals surface area contributed by atoms with Crippen molar-refractivity contribution in [2.24, 2.45) is 0 Å². The van der Waals surface area contributed by atoms with Gasteiger partial charge in [-0.2, -0.15) is 0 Å². The van der Waals surface area contributed by atoms with E-state index in [-0.39, 0.29) is 17.2 Å². The summed E-state index contributed by atoms with van der Waals surface area (Å²) in [4.78, 5) is 28.5. The van der Waals surface area contributed by atoms with Crippen molar-refractivity contribution in [3.05, 3.63) is 29.5 Å². The van der Waals surface area contributed by atoms with Crippen molar-refractivity contribution in [3.8, 4) is 5.75 Å². The Morgan fingerprint density at radius 2 is 2.17 bits per heavy atom. The maximum Gasteiger partial charge on any atom is 0.267 e. The number of aromatic nitrogens is 1. The summed E-state index contributed by atoms with van der Waals surface area (Å²) in [6.45, 7) is 4.53. The van der Waals surface area contributed by atoms with Gasteiger partial charge in [-0.05, 0) is 18.2 Å². The summed E-state index contributed by atoms with van der Waals surface area (Å²) in [7, 11) is 0. The Hall–Kier alpha value is -2.38. The zero-order chi connectivity index (χ0) is 16.2. The number of benzene rings is 1. The van der Waals surface area contributed by atoms with Crippen molar-refractivity contribution in [2.45, 2.75) is 0 Å². The maximum absolute atomic E-state index is 12.2. The van der Waals surface area contributed by atoms with Crippen molar-refractivity contribution in [3.63, 3.8) is 0 Å². The molecule has 1 aromatic carbocycles. The Labute approximate surface area is 133 Å². The number of phenols is 1. The van der Waals surface area contributed by atoms with Gasteiger partial charge in [0.2, 0.25) is 0 Å². The number of phenolic OH excluding ortho intramolecular Hbond substituents is 1. The number of H-pyrrole nitrogens is 1. The second-order valence-electron chi connectivity index (χ2n) is 5.47. The number of rotatable bonds is 5. The molecule has 3 N–H and O–H groups in total. The lowest BCUT2D eigenvalue weighted by Crippen LogP contribution is -2.41. The first kappa shape index (κ1) is 15.5. The van der Waals surface area contributed by atoms with Crippen LogP contribution in [0.1, 0.15) is 20.8 Å². The first-order chi connectivity index (χ1) is 11.2. The van der Waals surface area contributed by atoms with Crippen LogP contribution in [0.25, 0.3) is 10.9 Å². The van der Waals surface area contributed by atoms with Gasteiger partial charge in [0.05, 0.1) is 18.8 Å². The summed E-state index contributed by atoms with van der Waals surface area (Å²) in [5.41, 5.74) is 1.20. The zero-order valence-electron chi connectivity index (χ0n) is 12.7. The number of fused-ring (bicyclic) bond motifs is 1. The highest BCUT2D eigenvalue weighted by atomic mass is 16.5. The highest BCUT2D eigenvalue weighted by Gasteiger charge is 2.14. The molecular formula is C16H19N3O4. The minimum Gasteiger partial charge on any atom is -0.507 e. The summed E-state index contributed by atoms with van der Waals surface area (Å²) in [5, 5.41) is 13.1. The fourth-order valence-corrected chi connectivity index (χ4v) is 2.71. The van der Waals surface area contributed by atoms with E-state index in [1.807, 2.05) is 0 Å². The molecule has 1 aromatic heterocycles. The Bertz CT molecular complexity index is 719. The molecule has 23 heavy (non-hydrogen) atoms. The molecule has 0 unspecified atom stereocenters. The molecular weight excluding hydrogens is 298 g/mol. The van der Waals surface area contributed by atoms with E-state index >= 15 is 0 Å². The van der Waals surface area contributed by atoms with Gasteiger partial charge in [-0.3, -0.25) is 14.5 Å². The normalized spacial score (nSPS) is 15.7. The lowest BCUT2D eigenvalue weighted by Gasteiger charge is -2.26. The predicted octanol–water partition coefficient (Wildman–Crippen LogP) is 0.748. The summed E-state index contributed by atoms with van der Waals surface area (Å²) < 4.78 is 5.28. The van der Waals surface area contributed by atoms with Crippen molar-refractivity contribution >= 4 is 23.1 Å². The molecule has 7 heteroatoms. The van der Waals surface area contributed by atoms with E-state index < -0.39 is 0 Å². The van der Waals surface area contributed by atoms with E-state index in [2.05, 4.69) is 15.2 Å². The smallest absolute Gasteiger partial charge is 0.267 e. The van der Waals surface area contributed by atoms with E-state index in [0.717, 1.165) is 32.8 Å². The summed E-state index contributed by atoms with van der Waals surface area (Å²) >= 11 is 0. The van der Waals surface area contributed by atoms with E-state index in [4.69, 9.17) is 4.74 Å². The van der Waals surface area contributed by atoms with Crippen LogP contribution < -0.4 is 5.32 Å². The number of nitrogens with one attached hydrogen (secondary N) is 2. The van der Waals surface area contributed by atoms with Gasteiger partial charge in [-0.25, -0.2) is 0 Å². The zero-order valence-corrected chi connectivity index (χ0v) is 12.7. The lowest BCUT2D eigenvalue weighted by molar-refractivity contribution is 0.0383. The molecule has 1 saturated heterocycles. The Balaban J connectivity index is 1.65. The van der Waals surface area contributed by atoms with Gasteiger partial charge in [-0.15, -0.1) is 0 Å². The van der Waals surface area contributed by atoms with Crippen LogP contribution in [0.4, 0.5) is 0 Å². The monoisotopic (exact) mass is 317 g/mol. The first-order valence-electron chi connectivity index (χ1n) is 7.57. The molecule has 122 valence electrons. The third-order valence-corrected chi connectivity index (χ3v) is 4.00. The number of carbonyl (C=O) groups excluding carboxylic acids is 2. The lowest BCUT2D eigenvalue weighted by atomic mass is 10.1. The van der Waals surface area contributed by atoms with Crippen LogP contribution in [0.5, 0.6) is 5.75 Å². The van der Waals surface area contributed by atoms with Crippen LogP contribution in [0, 0.1) is 0 Å². The van der Waals surface area contributed by atoms with E-state index in [1.54, 1.807) is 12.1 Å². The molecule has 2 heterocycles. The van der Waals surface area contributed by atoms with E-state index in [0.29, 0.717) is 29.4 Å². The van der Waals surface area contributed by atoms with Crippen LogP contribution >= 0.6 is 0 Å². The van der Waals surface area contributed by atoms with Crippen LogP contribution in [0.3, 0.4) is 0 Å². The molecule has 1 aliphatic rings. The number of aromatic hydroxyl groups is 1. The first-order valence-corrected chi connectivity index (χ1v) is 7.57. The Kier molecular flexibility index (Phi) is 4.59. The van der Waals surface area contributed by atoms with Crippen molar-refractivity contribution < 1.29 is 19.4 Å². The quantitative estimate of drug-likeness (QED) is 0.707. The Morgan fingerprint density at radius 1 is 1.39 bits per heavy atom. The number of aldehydes is 1. The van der Waals surface area contributed by atoms with Gasteiger partial charge >= 0.3 is 0 Å². The highest BCUT2D eigenvalue weighted by molar-refractivity contribution is 6.04. The molecule has 0 spiro atoms. The molecule has 0 bridgehead atoms. The van der Waals surface area contributed by atoms with E-state index in [1.165, 1.54) is 6.07 Å². The van der Waals surface area contributed by atoms with Gasteiger partial charge in [0.1, 0.15) is 11.4 Å². The fraction of sp³-hybridized carbons (Fsp3) is 0.375. The van der Waals surface area contributed by atoms with Gasteiger partial charge in [0.25, 0.3) is 5.91 Å². The molecule has 2 aromatic rings. The second kappa shape index (κ2) is 6.80. The number of amides is 1. The molecule has 1 amide bonds. The van der Waals surface area contributed by atoms with Gasteiger partial charge in [0, 0.05) is 37.1 Å². The van der Waals surface area contributed by atoms with E-state index in [9.17, 15) is 14.7 Å². The number of nitrogens with zero attached hydrogens (tertiary/aromatic N) is 1. The molecule has 0 aliphatic carbocycles. The van der Waals surface area contributed by atoms with Crippen molar-refractivity contribution in [1.29, 1.82) is 0 Å². The van der Waals surface area contributed by atoms with Gasteiger partial charge in [-0.1, -0.05) is 0 Å². The number of aromatic amines is 1. The summed E-state index contributed by atoms with van der Waals surface area (Å²) in [6.07, 6.45) is 0.589. The van der Waals surface area contributed by atoms with Gasteiger partial charge in [0.15, 0.2) is 6.29 Å². The third kappa shape index (κ3) is 3.35.